The quantitative estimate of drug-likeness (QED) is 0.321. The zero-order valence-electron chi connectivity index (χ0n) is 15.7. The van der Waals surface area contributed by atoms with Crippen LogP contribution in [-0.2, 0) is 0 Å². The Hall–Kier alpha value is -3.37. The molecule has 1 aliphatic heterocycles. The first-order chi connectivity index (χ1) is 14.2. The number of rotatable bonds is 1. The third-order valence-corrected chi connectivity index (χ3v) is 6.90. The van der Waals surface area contributed by atoms with Gasteiger partial charge in [0, 0.05) is 16.0 Å². The minimum absolute atomic E-state index is 0.159. The van der Waals surface area contributed by atoms with Crippen LogP contribution in [0.25, 0.3) is 21.7 Å². The molecular formula is C25H17NO2S. The van der Waals surface area contributed by atoms with Crippen molar-refractivity contribution in [3.05, 3.63) is 104 Å². The van der Waals surface area contributed by atoms with Gasteiger partial charge in [0.2, 0.25) is 0 Å². The minimum Gasteiger partial charge on any atom is -0.422 e. The van der Waals surface area contributed by atoms with Gasteiger partial charge in [0.1, 0.15) is 5.58 Å². The maximum Gasteiger partial charge on any atom is 0.342 e. The lowest BCUT2D eigenvalue weighted by Crippen LogP contribution is -2.22. The molecule has 0 saturated heterocycles. The van der Waals surface area contributed by atoms with Gasteiger partial charge in [0.15, 0.2) is 0 Å². The number of nitrogens with one attached hydrogen (secondary N) is 1. The molecule has 0 aliphatic carbocycles. The van der Waals surface area contributed by atoms with Crippen molar-refractivity contribution in [2.24, 2.45) is 0 Å². The second kappa shape index (κ2) is 6.06. The van der Waals surface area contributed by atoms with E-state index in [2.05, 4.69) is 54.0 Å². The molecule has 4 heteroatoms. The van der Waals surface area contributed by atoms with Crippen LogP contribution in [0.4, 0.5) is 11.4 Å². The number of aryl methyl sites for hydroxylation is 1. The Morgan fingerprint density at radius 2 is 1.69 bits per heavy atom. The Bertz CT molecular complexity index is 1480. The fraction of sp³-hybridized carbons (Fsp3) is 0.0800. The van der Waals surface area contributed by atoms with Gasteiger partial charge in [-0.05, 0) is 58.5 Å². The van der Waals surface area contributed by atoms with E-state index < -0.39 is 0 Å². The SMILES string of the molecule is Cc1ccsc1[C@@H]1c2c(c3ccccc3oc2=O)Nc2ccc3ccccc3c21. The average Bonchev–Trinajstić information content (AvgIpc) is 3.17. The zero-order valence-corrected chi connectivity index (χ0v) is 16.5. The van der Waals surface area contributed by atoms with E-state index in [-0.39, 0.29) is 11.5 Å². The van der Waals surface area contributed by atoms with E-state index in [1.807, 2.05) is 30.3 Å². The molecule has 0 fully saturated rings. The first kappa shape index (κ1) is 16.6. The molecule has 1 N–H and O–H groups in total. The van der Waals surface area contributed by atoms with E-state index in [0.29, 0.717) is 11.1 Å². The maximum absolute atomic E-state index is 13.2. The molecule has 2 aromatic heterocycles. The molecule has 0 amide bonds. The molecule has 0 bridgehead atoms. The van der Waals surface area contributed by atoms with Crippen molar-refractivity contribution in [1.82, 2.24) is 0 Å². The van der Waals surface area contributed by atoms with Gasteiger partial charge < -0.3 is 9.73 Å². The Balaban J connectivity index is 1.79. The van der Waals surface area contributed by atoms with Crippen molar-refractivity contribution in [2.75, 3.05) is 5.32 Å². The summed E-state index contributed by atoms with van der Waals surface area (Å²) >= 11 is 1.70. The van der Waals surface area contributed by atoms with Crippen molar-refractivity contribution in [3.8, 4) is 0 Å². The number of hydrogen-bond donors (Lipinski definition) is 1. The molecule has 5 aromatic rings. The molecule has 1 atom stereocenters. The summed E-state index contributed by atoms with van der Waals surface area (Å²) in [4.78, 5) is 14.4. The zero-order chi connectivity index (χ0) is 19.5. The highest BCUT2D eigenvalue weighted by molar-refractivity contribution is 7.10. The van der Waals surface area contributed by atoms with E-state index in [4.69, 9.17) is 4.42 Å². The third-order valence-electron chi connectivity index (χ3n) is 5.82. The topological polar surface area (TPSA) is 42.2 Å². The molecule has 0 spiro atoms. The lowest BCUT2D eigenvalue weighted by molar-refractivity contribution is 0.549. The van der Waals surface area contributed by atoms with Crippen molar-refractivity contribution in [1.29, 1.82) is 0 Å². The summed E-state index contributed by atoms with van der Waals surface area (Å²) < 4.78 is 5.76. The lowest BCUT2D eigenvalue weighted by atomic mass is 9.81. The van der Waals surface area contributed by atoms with Crippen molar-refractivity contribution in [2.45, 2.75) is 12.8 Å². The summed E-state index contributed by atoms with van der Waals surface area (Å²) in [5.41, 5.74) is 5.26. The molecule has 0 saturated carbocycles. The van der Waals surface area contributed by atoms with Crippen LogP contribution < -0.4 is 10.9 Å². The van der Waals surface area contributed by atoms with Crippen LogP contribution in [0.3, 0.4) is 0 Å². The van der Waals surface area contributed by atoms with Crippen molar-refractivity contribution in [3.63, 3.8) is 0 Å². The molecule has 3 aromatic carbocycles. The molecule has 0 radical (unpaired) electrons. The summed E-state index contributed by atoms with van der Waals surface area (Å²) in [5, 5.41) is 8.93. The highest BCUT2D eigenvalue weighted by atomic mass is 32.1. The molecule has 0 unspecified atom stereocenters. The summed E-state index contributed by atoms with van der Waals surface area (Å²) in [5.74, 6) is -0.159. The van der Waals surface area contributed by atoms with Gasteiger partial charge in [0.05, 0.1) is 17.2 Å². The lowest BCUT2D eigenvalue weighted by Gasteiger charge is -2.30. The Kier molecular flexibility index (Phi) is 3.46. The molecule has 29 heavy (non-hydrogen) atoms. The number of thiophene rings is 1. The van der Waals surface area contributed by atoms with E-state index in [1.54, 1.807) is 11.3 Å². The highest BCUT2D eigenvalue weighted by Gasteiger charge is 2.34. The van der Waals surface area contributed by atoms with Crippen LogP contribution in [0.2, 0.25) is 0 Å². The van der Waals surface area contributed by atoms with E-state index in [9.17, 15) is 4.79 Å². The molecule has 3 nitrogen and oxygen atoms in total. The van der Waals surface area contributed by atoms with E-state index >= 15 is 0 Å². The molecular weight excluding hydrogens is 378 g/mol. The number of benzene rings is 3. The van der Waals surface area contributed by atoms with E-state index in [0.717, 1.165) is 27.7 Å². The van der Waals surface area contributed by atoms with Crippen LogP contribution in [0.15, 0.2) is 81.3 Å². The fourth-order valence-electron chi connectivity index (χ4n) is 4.50. The van der Waals surface area contributed by atoms with Gasteiger partial charge in [-0.1, -0.05) is 42.5 Å². The van der Waals surface area contributed by atoms with Gasteiger partial charge in [-0.25, -0.2) is 4.79 Å². The summed E-state index contributed by atoms with van der Waals surface area (Å²) in [6, 6.07) is 22.5. The van der Waals surface area contributed by atoms with Crippen molar-refractivity contribution < 1.29 is 4.42 Å². The smallest absolute Gasteiger partial charge is 0.342 e. The van der Waals surface area contributed by atoms with Crippen LogP contribution in [0.1, 0.15) is 27.5 Å². The van der Waals surface area contributed by atoms with Gasteiger partial charge in [-0.2, -0.15) is 0 Å². The third kappa shape index (κ3) is 2.33. The fourth-order valence-corrected chi connectivity index (χ4v) is 5.54. The van der Waals surface area contributed by atoms with Crippen LogP contribution in [0, 0.1) is 6.92 Å². The predicted octanol–water partition coefficient (Wildman–Crippen LogP) is 6.55. The first-order valence-electron chi connectivity index (χ1n) is 9.61. The molecule has 140 valence electrons. The monoisotopic (exact) mass is 395 g/mol. The molecule has 6 rings (SSSR count). The largest absolute Gasteiger partial charge is 0.422 e. The second-order valence-corrected chi connectivity index (χ2v) is 8.40. The first-order valence-corrected chi connectivity index (χ1v) is 10.5. The molecule has 3 heterocycles. The van der Waals surface area contributed by atoms with Crippen LogP contribution >= 0.6 is 11.3 Å². The van der Waals surface area contributed by atoms with Crippen molar-refractivity contribution >= 4 is 44.5 Å². The minimum atomic E-state index is -0.275. The standard InChI is InChI=1S/C25H17NO2S/c1-14-12-13-29-24(14)21-20-16-7-3-2-6-15(16)10-11-18(20)26-23-17-8-4-5-9-19(17)28-25(27)22(21)23/h2-13,21,26H,1H3/t21-/m0/s1. The average molecular weight is 395 g/mol. The van der Waals surface area contributed by atoms with Gasteiger partial charge in [-0.15, -0.1) is 11.3 Å². The number of anilines is 2. The van der Waals surface area contributed by atoms with Crippen LogP contribution in [-0.4, -0.2) is 0 Å². The highest BCUT2D eigenvalue weighted by Crippen LogP contribution is 2.50. The Morgan fingerprint density at radius 3 is 2.52 bits per heavy atom. The number of para-hydroxylation sites is 1. The number of fused-ring (bicyclic) bond motifs is 6. The normalized spacial score (nSPS) is 15.1. The Morgan fingerprint density at radius 1 is 0.897 bits per heavy atom. The maximum atomic E-state index is 13.2. The predicted molar refractivity (Wildman–Crippen MR) is 120 cm³/mol. The van der Waals surface area contributed by atoms with Gasteiger partial charge in [0.25, 0.3) is 0 Å². The molecule has 1 aliphatic rings. The van der Waals surface area contributed by atoms with Gasteiger partial charge in [-0.3, -0.25) is 0 Å². The van der Waals surface area contributed by atoms with Gasteiger partial charge >= 0.3 is 5.63 Å². The second-order valence-electron chi connectivity index (χ2n) is 7.45. The summed E-state index contributed by atoms with van der Waals surface area (Å²) in [6.07, 6.45) is 0. The summed E-state index contributed by atoms with van der Waals surface area (Å²) in [6.45, 7) is 2.11. The number of hydrogen-bond acceptors (Lipinski definition) is 4. The Labute approximate surface area is 171 Å². The van der Waals surface area contributed by atoms with E-state index in [1.165, 1.54) is 15.8 Å². The van der Waals surface area contributed by atoms with Crippen LogP contribution in [0.5, 0.6) is 0 Å². The summed E-state index contributed by atoms with van der Waals surface area (Å²) in [7, 11) is 0.